The van der Waals surface area contributed by atoms with E-state index < -0.39 is 0 Å². The van der Waals surface area contributed by atoms with Crippen molar-refractivity contribution in [2.75, 3.05) is 50.2 Å². The average molecular weight is 428 g/mol. The third-order valence-corrected chi connectivity index (χ3v) is 5.38. The van der Waals surface area contributed by atoms with Gasteiger partial charge in [-0.3, -0.25) is 4.90 Å². The zero-order valence-corrected chi connectivity index (χ0v) is 18.6. The number of rotatable bonds is 12. The maximum atomic E-state index is 7.74. The molecule has 2 heterocycles. The Hall–Kier alpha value is -2.91. The fourth-order valence-corrected chi connectivity index (χ4v) is 3.60. The monoisotopic (exact) mass is 427 g/mol. The van der Waals surface area contributed by atoms with Crippen molar-refractivity contribution >= 4 is 23.7 Å². The molecule has 1 saturated heterocycles. The molecule has 0 unspecified atom stereocenters. The fraction of sp³-hybridized carbons (Fsp3) is 0.500. The first kappa shape index (κ1) is 22.8. The van der Waals surface area contributed by atoms with Crippen molar-refractivity contribution in [2.24, 2.45) is 0 Å². The molecular formula is C22H33N7O2. The second kappa shape index (κ2) is 10.9. The van der Waals surface area contributed by atoms with Crippen molar-refractivity contribution in [1.29, 1.82) is 5.41 Å². The van der Waals surface area contributed by atoms with Crippen LogP contribution < -0.4 is 21.1 Å². The molecule has 168 valence electrons. The van der Waals surface area contributed by atoms with Gasteiger partial charge in [0.25, 0.3) is 0 Å². The largest absolute Gasteiger partial charge is 0.496 e. The number of nitrogens with zero attached hydrogens (tertiary/aromatic N) is 3. The zero-order valence-electron chi connectivity index (χ0n) is 18.6. The number of aromatic nitrogens is 2. The van der Waals surface area contributed by atoms with Crippen LogP contribution >= 0.6 is 0 Å². The van der Waals surface area contributed by atoms with Crippen LogP contribution in [0.25, 0.3) is 0 Å². The minimum Gasteiger partial charge on any atom is -0.496 e. The SMILES string of the molecule is CCCCNc1nc(N)nc(C=N)c1NCc1cc(CN2CC(OC)C2)ccc1OC. The van der Waals surface area contributed by atoms with Gasteiger partial charge in [0.2, 0.25) is 5.95 Å². The number of nitrogens with two attached hydrogens (primary N) is 1. The Bertz CT molecular complexity index is 884. The van der Waals surface area contributed by atoms with Gasteiger partial charge in [-0.1, -0.05) is 19.4 Å². The molecule has 0 saturated carbocycles. The van der Waals surface area contributed by atoms with Crippen molar-refractivity contribution in [3.8, 4) is 5.75 Å². The van der Waals surface area contributed by atoms with Gasteiger partial charge in [-0.15, -0.1) is 0 Å². The van der Waals surface area contributed by atoms with Crippen molar-refractivity contribution < 1.29 is 9.47 Å². The van der Waals surface area contributed by atoms with Crippen molar-refractivity contribution in [2.45, 2.75) is 39.0 Å². The predicted molar refractivity (Wildman–Crippen MR) is 124 cm³/mol. The van der Waals surface area contributed by atoms with Gasteiger partial charge in [-0.2, -0.15) is 4.98 Å². The Morgan fingerprint density at radius 1 is 1.26 bits per heavy atom. The van der Waals surface area contributed by atoms with Gasteiger partial charge < -0.3 is 31.3 Å². The van der Waals surface area contributed by atoms with Crippen molar-refractivity contribution in [3.05, 3.63) is 35.0 Å². The lowest BCUT2D eigenvalue weighted by Crippen LogP contribution is -2.50. The normalized spacial score (nSPS) is 14.2. The molecule has 0 atom stereocenters. The molecule has 1 aromatic carbocycles. The summed E-state index contributed by atoms with van der Waals surface area (Å²) in [6, 6.07) is 6.24. The molecule has 0 radical (unpaired) electrons. The standard InChI is InChI=1S/C22H33N7O2/c1-4-5-8-25-21-20(18(10-23)27-22(24)28-21)26-11-16-9-15(6-7-19(16)31-3)12-29-13-17(14-29)30-2/h6-7,9-10,17,23,26H,4-5,8,11-14H2,1-3H3,(H3,24,25,27,28). The highest BCUT2D eigenvalue weighted by Crippen LogP contribution is 2.27. The van der Waals surface area contributed by atoms with Crippen molar-refractivity contribution in [1.82, 2.24) is 14.9 Å². The van der Waals surface area contributed by atoms with Crippen LogP contribution in [0.1, 0.15) is 36.6 Å². The van der Waals surface area contributed by atoms with E-state index in [0.717, 1.165) is 50.3 Å². The Kier molecular flexibility index (Phi) is 8.02. The molecule has 5 N–H and O–H groups in total. The van der Waals surface area contributed by atoms with Gasteiger partial charge in [0.05, 0.1) is 13.2 Å². The van der Waals surface area contributed by atoms with E-state index in [2.05, 4.69) is 44.6 Å². The van der Waals surface area contributed by atoms with Crippen LogP contribution in [0.5, 0.6) is 5.75 Å². The second-order valence-corrected chi connectivity index (χ2v) is 7.67. The number of anilines is 3. The van der Waals surface area contributed by atoms with Gasteiger partial charge in [-0.05, 0) is 24.1 Å². The van der Waals surface area contributed by atoms with E-state index >= 15 is 0 Å². The quantitative estimate of drug-likeness (QED) is 0.301. The number of methoxy groups -OCH3 is 2. The molecule has 3 rings (SSSR count). The average Bonchev–Trinajstić information content (AvgIpc) is 2.75. The first-order valence-corrected chi connectivity index (χ1v) is 10.6. The van der Waals surface area contributed by atoms with Gasteiger partial charge in [-0.25, -0.2) is 4.98 Å². The summed E-state index contributed by atoms with van der Waals surface area (Å²) in [5.74, 6) is 1.56. The molecule has 1 aliphatic heterocycles. The number of ether oxygens (including phenoxy) is 2. The number of benzene rings is 1. The highest BCUT2D eigenvalue weighted by atomic mass is 16.5. The van der Waals surface area contributed by atoms with E-state index in [1.165, 1.54) is 11.8 Å². The molecule has 0 aliphatic carbocycles. The summed E-state index contributed by atoms with van der Waals surface area (Å²) in [5.41, 5.74) is 9.20. The Balaban J connectivity index is 1.76. The van der Waals surface area contributed by atoms with E-state index in [0.29, 0.717) is 29.8 Å². The third-order valence-electron chi connectivity index (χ3n) is 5.38. The van der Waals surface area contributed by atoms with E-state index in [4.69, 9.17) is 20.6 Å². The smallest absolute Gasteiger partial charge is 0.222 e. The number of nitrogens with one attached hydrogen (secondary N) is 3. The fourth-order valence-electron chi connectivity index (χ4n) is 3.60. The summed E-state index contributed by atoms with van der Waals surface area (Å²) in [6.07, 6.45) is 3.61. The summed E-state index contributed by atoms with van der Waals surface area (Å²) >= 11 is 0. The van der Waals surface area contributed by atoms with Crippen LogP contribution in [-0.2, 0) is 17.8 Å². The summed E-state index contributed by atoms with van der Waals surface area (Å²) in [4.78, 5) is 10.9. The second-order valence-electron chi connectivity index (χ2n) is 7.67. The number of hydrogen-bond acceptors (Lipinski definition) is 9. The maximum Gasteiger partial charge on any atom is 0.222 e. The molecule has 0 bridgehead atoms. The topological polar surface area (TPSA) is 121 Å². The molecule has 1 aliphatic rings. The Labute approximate surface area is 183 Å². The number of likely N-dealkylation sites (tertiary alicyclic amines) is 1. The lowest BCUT2D eigenvalue weighted by Gasteiger charge is -2.38. The van der Waals surface area contributed by atoms with Crippen LogP contribution in [-0.4, -0.2) is 61.0 Å². The van der Waals surface area contributed by atoms with Crippen LogP contribution in [0.3, 0.4) is 0 Å². The van der Waals surface area contributed by atoms with Gasteiger partial charge in [0.15, 0.2) is 5.82 Å². The number of hydrogen-bond donors (Lipinski definition) is 4. The third kappa shape index (κ3) is 5.83. The minimum atomic E-state index is 0.145. The summed E-state index contributed by atoms with van der Waals surface area (Å²) in [7, 11) is 3.43. The summed E-state index contributed by atoms with van der Waals surface area (Å²) in [6.45, 7) is 6.19. The van der Waals surface area contributed by atoms with Crippen LogP contribution in [0, 0.1) is 5.41 Å². The Morgan fingerprint density at radius 2 is 2.06 bits per heavy atom. The number of nitrogen functional groups attached to an aromatic ring is 1. The summed E-state index contributed by atoms with van der Waals surface area (Å²) in [5, 5.41) is 14.4. The lowest BCUT2D eigenvalue weighted by atomic mass is 10.1. The van der Waals surface area contributed by atoms with Gasteiger partial charge in [0, 0.05) is 51.6 Å². The predicted octanol–water partition coefficient (Wildman–Crippen LogP) is 2.72. The molecule has 0 spiro atoms. The highest BCUT2D eigenvalue weighted by molar-refractivity contribution is 5.88. The van der Waals surface area contributed by atoms with Gasteiger partial charge in [0.1, 0.15) is 17.1 Å². The Morgan fingerprint density at radius 3 is 2.74 bits per heavy atom. The van der Waals surface area contributed by atoms with E-state index in [1.54, 1.807) is 14.2 Å². The van der Waals surface area contributed by atoms with E-state index in [1.807, 2.05) is 6.07 Å². The molecule has 1 aromatic heterocycles. The summed E-state index contributed by atoms with van der Waals surface area (Å²) < 4.78 is 10.9. The molecule has 31 heavy (non-hydrogen) atoms. The zero-order chi connectivity index (χ0) is 22.2. The first-order valence-electron chi connectivity index (χ1n) is 10.6. The lowest BCUT2D eigenvalue weighted by molar-refractivity contribution is -0.0334. The molecule has 9 nitrogen and oxygen atoms in total. The van der Waals surface area contributed by atoms with Gasteiger partial charge >= 0.3 is 0 Å². The van der Waals surface area contributed by atoms with Crippen LogP contribution in [0.2, 0.25) is 0 Å². The number of unbranched alkanes of at least 4 members (excludes halogenated alkanes) is 1. The van der Waals surface area contributed by atoms with Crippen LogP contribution in [0.4, 0.5) is 17.5 Å². The highest BCUT2D eigenvalue weighted by Gasteiger charge is 2.26. The molecule has 1 fully saturated rings. The first-order chi connectivity index (χ1) is 15.1. The molecule has 9 heteroatoms. The van der Waals surface area contributed by atoms with Crippen LogP contribution in [0.15, 0.2) is 18.2 Å². The van der Waals surface area contributed by atoms with E-state index in [9.17, 15) is 0 Å². The minimum absolute atomic E-state index is 0.145. The molecular weight excluding hydrogens is 394 g/mol. The van der Waals surface area contributed by atoms with E-state index in [-0.39, 0.29) is 5.95 Å². The van der Waals surface area contributed by atoms with Crippen molar-refractivity contribution in [3.63, 3.8) is 0 Å². The molecule has 2 aromatic rings. The maximum absolute atomic E-state index is 7.74. The molecule has 0 amide bonds.